The van der Waals surface area contributed by atoms with Gasteiger partial charge in [-0.15, -0.1) is 10.2 Å². The van der Waals surface area contributed by atoms with Crippen molar-refractivity contribution in [1.82, 2.24) is 25.5 Å². The molecule has 3 aromatic carbocycles. The van der Waals surface area contributed by atoms with Crippen LogP contribution in [0.4, 0.5) is 4.39 Å². The van der Waals surface area contributed by atoms with E-state index in [1.807, 2.05) is 0 Å². The number of benzene rings is 3. The molecule has 2 aliphatic rings. The highest BCUT2D eigenvalue weighted by atomic mass is 19.1. The number of fused-ring (bicyclic) bond motifs is 3. The first-order valence-electron chi connectivity index (χ1n) is 12.2. The number of halogens is 1. The van der Waals surface area contributed by atoms with Crippen molar-refractivity contribution in [2.45, 2.75) is 24.7 Å². The molecule has 192 valence electrons. The lowest BCUT2D eigenvalue weighted by Gasteiger charge is -2.35. The van der Waals surface area contributed by atoms with Crippen molar-refractivity contribution in [3.8, 4) is 11.8 Å². The second-order valence-corrected chi connectivity index (χ2v) is 9.32. The number of aromatic amines is 1. The van der Waals surface area contributed by atoms with Gasteiger partial charge in [0.05, 0.1) is 16.5 Å². The van der Waals surface area contributed by atoms with Crippen LogP contribution in [-0.4, -0.2) is 49.9 Å². The summed E-state index contributed by atoms with van der Waals surface area (Å²) < 4.78 is 20.0. The number of nitrogens with zero attached hydrogens (tertiary/aromatic N) is 5. The van der Waals surface area contributed by atoms with Crippen molar-refractivity contribution in [3.63, 3.8) is 0 Å². The van der Waals surface area contributed by atoms with Crippen LogP contribution in [0.1, 0.15) is 55.2 Å². The van der Waals surface area contributed by atoms with Gasteiger partial charge in [0.2, 0.25) is 0 Å². The second-order valence-electron chi connectivity index (χ2n) is 9.32. The minimum Gasteiger partial charge on any atom is -0.415 e. The Morgan fingerprint density at radius 3 is 2.33 bits per heavy atom. The summed E-state index contributed by atoms with van der Waals surface area (Å²) in [6.07, 6.45) is 1.21. The van der Waals surface area contributed by atoms with Crippen LogP contribution in [0.3, 0.4) is 0 Å². The van der Waals surface area contributed by atoms with Crippen molar-refractivity contribution >= 4 is 17.8 Å². The predicted molar refractivity (Wildman–Crippen MR) is 132 cm³/mol. The third-order valence-electron chi connectivity index (χ3n) is 7.35. The number of H-pyrrole nitrogens is 1. The Morgan fingerprint density at radius 1 is 1.03 bits per heavy atom. The van der Waals surface area contributed by atoms with Gasteiger partial charge in [0.15, 0.2) is 11.9 Å². The molecule has 11 heteroatoms. The molecule has 4 aromatic rings. The number of carbonyl (C=O) groups excluding carboxylic acids is 3. The van der Waals surface area contributed by atoms with Crippen molar-refractivity contribution in [3.05, 3.63) is 106 Å². The number of aromatic nitrogens is 4. The predicted octanol–water partition coefficient (Wildman–Crippen LogP) is 2.89. The Kier molecular flexibility index (Phi) is 5.72. The Balaban J connectivity index is 1.54. The summed E-state index contributed by atoms with van der Waals surface area (Å²) in [4.78, 5) is 39.3. The highest BCUT2D eigenvalue weighted by Crippen LogP contribution is 2.47. The molecule has 1 aromatic heterocycles. The van der Waals surface area contributed by atoms with Gasteiger partial charge in [-0.25, -0.2) is 9.18 Å². The van der Waals surface area contributed by atoms with E-state index < -0.39 is 29.0 Å². The van der Waals surface area contributed by atoms with Crippen molar-refractivity contribution in [2.75, 3.05) is 6.54 Å². The van der Waals surface area contributed by atoms with Crippen molar-refractivity contribution in [2.24, 2.45) is 0 Å². The normalized spacial score (nSPS) is 17.6. The molecule has 1 unspecified atom stereocenters. The smallest absolute Gasteiger partial charge is 0.415 e. The van der Waals surface area contributed by atoms with E-state index in [2.05, 4.69) is 20.6 Å². The zero-order valence-corrected chi connectivity index (χ0v) is 20.3. The Hall–Kier alpha value is -5.24. The molecule has 39 heavy (non-hydrogen) atoms. The summed E-state index contributed by atoms with van der Waals surface area (Å²) >= 11 is 0. The van der Waals surface area contributed by atoms with Gasteiger partial charge in [-0.2, -0.15) is 10.5 Å². The minimum absolute atomic E-state index is 0.0432. The number of aryl methyl sites for hydroxylation is 2. The van der Waals surface area contributed by atoms with E-state index in [1.165, 1.54) is 18.2 Å². The highest BCUT2D eigenvalue weighted by Gasteiger charge is 2.46. The second kappa shape index (κ2) is 9.25. The molecule has 10 nitrogen and oxygen atoms in total. The lowest BCUT2D eigenvalue weighted by Crippen LogP contribution is -2.39. The summed E-state index contributed by atoms with van der Waals surface area (Å²) in [5.41, 5.74) is 2.15. The van der Waals surface area contributed by atoms with E-state index in [-0.39, 0.29) is 24.5 Å². The monoisotopic (exact) mass is 522 g/mol. The summed E-state index contributed by atoms with van der Waals surface area (Å²) in [5.74, 6) is -2.14. The summed E-state index contributed by atoms with van der Waals surface area (Å²) in [7, 11) is 0. The molecule has 1 atom stereocenters. The number of amides is 2. The number of tetrazole rings is 1. The molecule has 0 bridgehead atoms. The summed E-state index contributed by atoms with van der Waals surface area (Å²) in [6.45, 7) is -0.0432. The first-order valence-corrected chi connectivity index (χ1v) is 12.2. The van der Waals surface area contributed by atoms with Crippen molar-refractivity contribution in [1.29, 1.82) is 5.26 Å². The highest BCUT2D eigenvalue weighted by molar-refractivity contribution is 6.21. The van der Waals surface area contributed by atoms with Crippen LogP contribution in [0, 0.1) is 17.1 Å². The number of hydrogen-bond acceptors (Lipinski definition) is 8. The zero-order valence-electron chi connectivity index (χ0n) is 20.3. The van der Waals surface area contributed by atoms with Gasteiger partial charge < -0.3 is 4.74 Å². The molecular weight excluding hydrogens is 503 g/mol. The van der Waals surface area contributed by atoms with E-state index >= 15 is 0 Å². The largest absolute Gasteiger partial charge is 0.416 e. The maximum atomic E-state index is 14.8. The van der Waals surface area contributed by atoms with Crippen LogP contribution in [0.15, 0.2) is 60.7 Å². The number of ether oxygens (including phenoxy) is 1. The Bertz CT molecular complexity index is 1660. The molecule has 0 saturated carbocycles. The molecule has 0 spiro atoms. The average Bonchev–Trinajstić information content (AvgIpc) is 3.54. The van der Waals surface area contributed by atoms with E-state index in [9.17, 15) is 18.8 Å². The quantitative estimate of drug-likeness (QED) is 0.183. The van der Waals surface area contributed by atoms with Crippen LogP contribution >= 0.6 is 0 Å². The third kappa shape index (κ3) is 3.85. The SMILES string of the molecule is N#CC(=O)Oc1ccc2c(c1)C(CCN1C(=O)c3ccccc3C1=O)(c1nn[nH]n1)c1cc(F)ccc1CC2. The number of carbonyl (C=O) groups is 3. The number of imide groups is 1. The minimum atomic E-state index is -1.29. The van der Waals surface area contributed by atoms with Crippen LogP contribution in [0.25, 0.3) is 0 Å². The van der Waals surface area contributed by atoms with Crippen LogP contribution in [0.2, 0.25) is 0 Å². The van der Waals surface area contributed by atoms with Gasteiger partial charge in [-0.1, -0.05) is 29.5 Å². The molecule has 1 N–H and O–H groups in total. The van der Waals surface area contributed by atoms with E-state index in [0.29, 0.717) is 35.1 Å². The molecular formula is C28H19FN6O4. The Morgan fingerprint density at radius 2 is 1.69 bits per heavy atom. The van der Waals surface area contributed by atoms with Crippen LogP contribution < -0.4 is 4.74 Å². The number of nitrogens with one attached hydrogen (secondary N) is 1. The van der Waals surface area contributed by atoms with Crippen LogP contribution in [0.5, 0.6) is 5.75 Å². The van der Waals surface area contributed by atoms with Gasteiger partial charge in [0, 0.05) is 6.54 Å². The fourth-order valence-corrected chi connectivity index (χ4v) is 5.63. The lowest BCUT2D eigenvalue weighted by molar-refractivity contribution is -0.128. The first-order chi connectivity index (χ1) is 18.9. The average molecular weight is 522 g/mol. The fraction of sp³-hybridized carbons (Fsp3) is 0.179. The summed E-state index contributed by atoms with van der Waals surface area (Å²) in [6, 6.07) is 17.4. The summed E-state index contributed by atoms with van der Waals surface area (Å²) in [5, 5.41) is 23.8. The number of rotatable bonds is 5. The molecule has 2 heterocycles. The zero-order chi connectivity index (χ0) is 27.1. The van der Waals surface area contributed by atoms with E-state index in [1.54, 1.807) is 48.5 Å². The van der Waals surface area contributed by atoms with E-state index in [0.717, 1.165) is 16.0 Å². The maximum Gasteiger partial charge on any atom is 0.416 e. The number of hydrogen-bond donors (Lipinski definition) is 1. The van der Waals surface area contributed by atoms with Gasteiger partial charge in [-0.05, 0) is 77.9 Å². The fourth-order valence-electron chi connectivity index (χ4n) is 5.63. The van der Waals surface area contributed by atoms with Gasteiger partial charge >= 0.3 is 5.97 Å². The molecule has 0 radical (unpaired) electrons. The first kappa shape index (κ1) is 24.1. The molecule has 1 aliphatic carbocycles. The molecule has 0 saturated heterocycles. The topological polar surface area (TPSA) is 142 Å². The molecule has 1 aliphatic heterocycles. The van der Waals surface area contributed by atoms with Gasteiger partial charge in [-0.3, -0.25) is 14.5 Å². The van der Waals surface area contributed by atoms with Crippen LogP contribution in [-0.2, 0) is 23.1 Å². The van der Waals surface area contributed by atoms with E-state index in [4.69, 9.17) is 10.00 Å². The Labute approximate surface area is 221 Å². The third-order valence-corrected chi connectivity index (χ3v) is 7.35. The number of esters is 1. The van der Waals surface area contributed by atoms with Gasteiger partial charge in [0.25, 0.3) is 11.8 Å². The molecule has 6 rings (SSSR count). The number of nitriles is 1. The maximum absolute atomic E-state index is 14.8. The van der Waals surface area contributed by atoms with Crippen molar-refractivity contribution < 1.29 is 23.5 Å². The molecule has 2 amide bonds. The lowest BCUT2D eigenvalue weighted by atomic mass is 9.69. The van der Waals surface area contributed by atoms with Gasteiger partial charge in [0.1, 0.15) is 11.6 Å². The standard InChI is InChI=1S/C28H19FN6O4/c29-18-9-7-16-5-6-17-8-10-19(39-24(36)15-30)14-23(17)28(22(16)13-18,27-31-33-34-32-27)11-12-35-25(37)20-3-1-2-4-21(20)26(35)38/h1-4,7-10,13-14H,5-6,11-12H2,(H,31,32,33,34). The molecule has 0 fully saturated rings.